The molecule has 0 radical (unpaired) electrons. The van der Waals surface area contributed by atoms with E-state index in [1.807, 2.05) is 30.3 Å². The van der Waals surface area contributed by atoms with Crippen molar-refractivity contribution in [3.63, 3.8) is 0 Å². The minimum atomic E-state index is -0.120. The molecule has 0 saturated heterocycles. The Kier molecular flexibility index (Phi) is 5.16. The Morgan fingerprint density at radius 1 is 1.38 bits per heavy atom. The number of terminal acetylenes is 1. The molecule has 0 atom stereocenters. The van der Waals surface area contributed by atoms with E-state index in [9.17, 15) is 4.79 Å². The van der Waals surface area contributed by atoms with Crippen molar-refractivity contribution in [2.75, 3.05) is 18.4 Å². The first-order valence-corrected chi connectivity index (χ1v) is 7.07. The minimum Gasteiger partial charge on any atom is -0.376 e. The van der Waals surface area contributed by atoms with Crippen LogP contribution in [0.4, 0.5) is 5.69 Å². The summed E-state index contributed by atoms with van der Waals surface area (Å²) in [7, 11) is 0. The van der Waals surface area contributed by atoms with Gasteiger partial charge in [-0.3, -0.25) is 9.78 Å². The van der Waals surface area contributed by atoms with Gasteiger partial charge in [0.25, 0.3) is 0 Å². The van der Waals surface area contributed by atoms with Crippen LogP contribution in [0.5, 0.6) is 0 Å². The number of nitrogens with zero attached hydrogens (tertiary/aromatic N) is 1. The number of pyridine rings is 1. The van der Waals surface area contributed by atoms with Gasteiger partial charge in [0, 0.05) is 16.8 Å². The van der Waals surface area contributed by atoms with Crippen molar-refractivity contribution in [1.29, 1.82) is 0 Å². The molecule has 0 aliphatic carbocycles. The van der Waals surface area contributed by atoms with Crippen LogP contribution < -0.4 is 10.6 Å². The largest absolute Gasteiger partial charge is 0.376 e. The zero-order valence-electron chi connectivity index (χ0n) is 12.1. The Morgan fingerprint density at radius 2 is 2.19 bits per heavy atom. The molecule has 0 bridgehead atoms. The van der Waals surface area contributed by atoms with Crippen LogP contribution in [0, 0.1) is 12.3 Å². The molecular weight excluding hydrogens is 262 g/mol. The fourth-order valence-corrected chi connectivity index (χ4v) is 2.15. The first-order valence-electron chi connectivity index (χ1n) is 7.07. The number of carbonyl (C=O) groups excluding carboxylic acids is 1. The van der Waals surface area contributed by atoms with Crippen molar-refractivity contribution in [3.8, 4) is 12.3 Å². The van der Waals surface area contributed by atoms with Gasteiger partial charge in [-0.05, 0) is 18.6 Å². The number of aryl methyl sites for hydroxylation is 1. The van der Waals surface area contributed by atoms with Gasteiger partial charge in [0.1, 0.15) is 0 Å². The van der Waals surface area contributed by atoms with E-state index in [0.717, 1.165) is 35.1 Å². The molecule has 0 spiro atoms. The fraction of sp³-hybridized carbons (Fsp3) is 0.294. The molecule has 2 aromatic rings. The lowest BCUT2D eigenvalue weighted by atomic mass is 10.1. The number of carbonyl (C=O) groups is 1. The lowest BCUT2D eigenvalue weighted by Crippen LogP contribution is -2.30. The van der Waals surface area contributed by atoms with Gasteiger partial charge in [-0.15, -0.1) is 6.42 Å². The number of hydrogen-bond acceptors (Lipinski definition) is 3. The molecule has 1 heterocycles. The molecular formula is C17H19N3O. The Morgan fingerprint density at radius 3 is 2.95 bits per heavy atom. The molecule has 4 heteroatoms. The predicted octanol–water partition coefficient (Wildman–Crippen LogP) is 2.35. The second kappa shape index (κ2) is 7.30. The zero-order chi connectivity index (χ0) is 15.1. The van der Waals surface area contributed by atoms with E-state index >= 15 is 0 Å². The maximum atomic E-state index is 11.6. The summed E-state index contributed by atoms with van der Waals surface area (Å²) in [5.74, 6) is 2.26. The van der Waals surface area contributed by atoms with Crippen molar-refractivity contribution in [2.45, 2.75) is 19.8 Å². The van der Waals surface area contributed by atoms with Crippen LogP contribution in [-0.2, 0) is 11.2 Å². The highest BCUT2D eigenvalue weighted by Gasteiger charge is 2.06. The van der Waals surface area contributed by atoms with E-state index in [1.54, 1.807) is 0 Å². The summed E-state index contributed by atoms with van der Waals surface area (Å²) in [6.07, 6.45) is 7.07. The Hall–Kier alpha value is -2.54. The van der Waals surface area contributed by atoms with Crippen LogP contribution in [0.3, 0.4) is 0 Å². The summed E-state index contributed by atoms with van der Waals surface area (Å²) in [5, 5.41) is 6.83. The first-order chi connectivity index (χ1) is 10.2. The molecule has 0 unspecified atom stereocenters. The van der Waals surface area contributed by atoms with Gasteiger partial charge in [0.2, 0.25) is 5.91 Å². The Bertz CT molecular complexity index is 673. The van der Waals surface area contributed by atoms with Crippen molar-refractivity contribution < 1.29 is 4.79 Å². The lowest BCUT2D eigenvalue weighted by molar-refractivity contribution is -0.119. The van der Waals surface area contributed by atoms with E-state index in [4.69, 9.17) is 6.42 Å². The van der Waals surface area contributed by atoms with Crippen molar-refractivity contribution in [2.24, 2.45) is 0 Å². The van der Waals surface area contributed by atoms with Gasteiger partial charge in [0.05, 0.1) is 18.6 Å². The average molecular weight is 281 g/mol. The van der Waals surface area contributed by atoms with Gasteiger partial charge < -0.3 is 10.6 Å². The topological polar surface area (TPSA) is 54.0 Å². The highest BCUT2D eigenvalue weighted by molar-refractivity contribution is 5.93. The molecule has 21 heavy (non-hydrogen) atoms. The molecule has 0 aliphatic rings. The zero-order valence-corrected chi connectivity index (χ0v) is 12.1. The second-order valence-electron chi connectivity index (χ2n) is 4.76. The third-order valence-corrected chi connectivity index (χ3v) is 3.10. The lowest BCUT2D eigenvalue weighted by Gasteiger charge is -2.11. The van der Waals surface area contributed by atoms with E-state index in [1.165, 1.54) is 0 Å². The molecule has 0 aliphatic heterocycles. The van der Waals surface area contributed by atoms with Gasteiger partial charge in [-0.2, -0.15) is 0 Å². The number of fused-ring (bicyclic) bond motifs is 1. The Labute approximate surface area is 125 Å². The average Bonchev–Trinajstić information content (AvgIpc) is 2.51. The maximum absolute atomic E-state index is 11.6. The van der Waals surface area contributed by atoms with Gasteiger partial charge in [0.15, 0.2) is 0 Å². The van der Waals surface area contributed by atoms with Crippen molar-refractivity contribution in [3.05, 3.63) is 36.0 Å². The van der Waals surface area contributed by atoms with Crippen LogP contribution in [0.25, 0.3) is 10.9 Å². The molecule has 1 aromatic carbocycles. The summed E-state index contributed by atoms with van der Waals surface area (Å²) < 4.78 is 0. The van der Waals surface area contributed by atoms with Crippen LogP contribution in [0.1, 0.15) is 19.0 Å². The number of amides is 1. The molecule has 1 aromatic heterocycles. The third kappa shape index (κ3) is 3.96. The fourth-order valence-electron chi connectivity index (χ4n) is 2.15. The monoisotopic (exact) mass is 281 g/mol. The number of rotatable bonds is 6. The van der Waals surface area contributed by atoms with Crippen LogP contribution in [0.15, 0.2) is 30.3 Å². The van der Waals surface area contributed by atoms with E-state index < -0.39 is 0 Å². The summed E-state index contributed by atoms with van der Waals surface area (Å²) in [6, 6.07) is 9.93. The van der Waals surface area contributed by atoms with E-state index in [0.29, 0.717) is 0 Å². The molecule has 0 fully saturated rings. The highest BCUT2D eigenvalue weighted by Crippen LogP contribution is 2.23. The van der Waals surface area contributed by atoms with Crippen molar-refractivity contribution in [1.82, 2.24) is 10.3 Å². The first kappa shape index (κ1) is 14.9. The quantitative estimate of drug-likeness (QED) is 0.799. The molecule has 2 rings (SSSR count). The number of nitrogens with one attached hydrogen (secondary N) is 2. The smallest absolute Gasteiger partial charge is 0.240 e. The van der Waals surface area contributed by atoms with E-state index in [2.05, 4.69) is 28.5 Å². The number of para-hydroxylation sites is 1. The summed E-state index contributed by atoms with van der Waals surface area (Å²) in [6.45, 7) is 2.57. The van der Waals surface area contributed by atoms with Gasteiger partial charge in [-0.25, -0.2) is 0 Å². The number of anilines is 1. The summed E-state index contributed by atoms with van der Waals surface area (Å²) in [4.78, 5) is 16.3. The molecule has 1 amide bonds. The molecule has 4 nitrogen and oxygen atoms in total. The number of benzene rings is 1. The molecule has 2 N–H and O–H groups in total. The maximum Gasteiger partial charge on any atom is 0.240 e. The van der Waals surface area contributed by atoms with Gasteiger partial charge >= 0.3 is 0 Å². The van der Waals surface area contributed by atoms with Gasteiger partial charge in [-0.1, -0.05) is 37.5 Å². The number of aromatic nitrogens is 1. The van der Waals surface area contributed by atoms with Crippen LogP contribution in [-0.4, -0.2) is 24.0 Å². The minimum absolute atomic E-state index is 0.120. The van der Waals surface area contributed by atoms with Crippen LogP contribution in [0.2, 0.25) is 0 Å². The molecule has 108 valence electrons. The third-order valence-electron chi connectivity index (χ3n) is 3.10. The van der Waals surface area contributed by atoms with Crippen molar-refractivity contribution >= 4 is 22.5 Å². The highest BCUT2D eigenvalue weighted by atomic mass is 16.1. The summed E-state index contributed by atoms with van der Waals surface area (Å²) in [5.41, 5.74) is 2.90. The van der Waals surface area contributed by atoms with E-state index in [-0.39, 0.29) is 19.0 Å². The Balaban J connectivity index is 2.21. The van der Waals surface area contributed by atoms with Crippen LogP contribution >= 0.6 is 0 Å². The predicted molar refractivity (Wildman–Crippen MR) is 86.1 cm³/mol. The number of hydrogen-bond donors (Lipinski definition) is 2. The normalized spacial score (nSPS) is 10.1. The second-order valence-corrected chi connectivity index (χ2v) is 4.76. The standard InChI is InChI=1S/C17H19N3O/c1-3-7-13-11-16(19-12-17(21)18-10-4-2)14-8-5-6-9-15(14)20-13/h2,5-6,8-9,11H,3,7,10,12H2,1H3,(H,18,21)(H,19,20). The molecule has 0 saturated carbocycles. The SMILES string of the molecule is C#CCNC(=O)CNc1cc(CCC)nc2ccccc12. The summed E-state index contributed by atoms with van der Waals surface area (Å²) >= 11 is 0.